The Bertz CT molecular complexity index is 5340. The van der Waals surface area contributed by atoms with Crippen LogP contribution in [0.15, 0.2) is 340 Å². The number of fused-ring (bicyclic) bond motifs is 8. The van der Waals surface area contributed by atoms with E-state index < -0.39 is 0 Å². The minimum atomic E-state index is 1.21. The van der Waals surface area contributed by atoms with E-state index >= 15 is 0 Å². The molecule has 0 heterocycles. The van der Waals surface area contributed by atoms with Gasteiger partial charge < -0.3 is 0 Å². The predicted octanol–water partition coefficient (Wildman–Crippen LogP) is 24.3. The number of benzene rings is 17. The van der Waals surface area contributed by atoms with Gasteiger partial charge in [-0.15, -0.1) is 0 Å². The van der Waals surface area contributed by atoms with Crippen molar-refractivity contribution in [2.45, 2.75) is 0 Å². The summed E-state index contributed by atoms with van der Waals surface area (Å²) in [5, 5.41) is 20.4. The second kappa shape index (κ2) is 21.5. The minimum absolute atomic E-state index is 1.21. The van der Waals surface area contributed by atoms with Gasteiger partial charge in [-0.05, 0) is 182 Å². The molecule has 0 fully saturated rings. The highest BCUT2D eigenvalue weighted by atomic mass is 14.2. The molecule has 0 radical (unpaired) electrons. The van der Waals surface area contributed by atoms with Gasteiger partial charge >= 0.3 is 0 Å². The van der Waals surface area contributed by atoms with E-state index in [1.54, 1.807) is 0 Å². The van der Waals surface area contributed by atoms with Crippen molar-refractivity contribution in [3.05, 3.63) is 340 Å². The Morgan fingerprint density at radius 1 is 0.116 bits per heavy atom. The van der Waals surface area contributed by atoms with Crippen molar-refractivity contribution in [2.75, 3.05) is 0 Å². The molecule has 0 bridgehead atoms. The summed E-state index contributed by atoms with van der Waals surface area (Å²) in [4.78, 5) is 0. The van der Waals surface area contributed by atoms with Crippen molar-refractivity contribution in [2.24, 2.45) is 0 Å². The molecule has 0 aliphatic heterocycles. The molecule has 0 heteroatoms. The van der Waals surface area contributed by atoms with Crippen molar-refractivity contribution in [1.82, 2.24) is 0 Å². The molecular weight excluding hydrogens is 1030 g/mol. The van der Waals surface area contributed by atoms with Gasteiger partial charge in [-0.3, -0.25) is 0 Å². The maximum Gasteiger partial charge on any atom is -0.00201 e. The highest BCUT2D eigenvalue weighted by Gasteiger charge is 2.20. The highest BCUT2D eigenvalue weighted by molar-refractivity contribution is 6.24. The quantitative estimate of drug-likeness (QED) is 0.140. The summed E-state index contributed by atoms with van der Waals surface area (Å²) in [6, 6.07) is 124. The van der Waals surface area contributed by atoms with Crippen LogP contribution in [0.5, 0.6) is 0 Å². The van der Waals surface area contributed by atoms with Crippen LogP contribution < -0.4 is 0 Å². The van der Waals surface area contributed by atoms with Crippen LogP contribution >= 0.6 is 0 Å². The molecule has 0 amide bonds. The van der Waals surface area contributed by atoms with Gasteiger partial charge in [-0.1, -0.05) is 322 Å². The summed E-state index contributed by atoms with van der Waals surface area (Å²) in [7, 11) is 0. The first-order valence-electron chi connectivity index (χ1n) is 29.8. The van der Waals surface area contributed by atoms with Crippen LogP contribution in [0.1, 0.15) is 0 Å². The highest BCUT2D eigenvalue weighted by Crippen LogP contribution is 2.48. The largest absolute Gasteiger partial charge is 0.0616 e. The molecule has 17 rings (SSSR count). The van der Waals surface area contributed by atoms with E-state index in [1.807, 2.05) is 0 Å². The Morgan fingerprint density at radius 3 is 0.872 bits per heavy atom. The topological polar surface area (TPSA) is 0 Å². The first-order valence-corrected chi connectivity index (χ1v) is 29.8. The summed E-state index contributed by atoms with van der Waals surface area (Å²) in [5.74, 6) is 0. The third kappa shape index (κ3) is 8.87. The van der Waals surface area contributed by atoms with Crippen molar-refractivity contribution >= 4 is 86.2 Å². The molecule has 0 saturated carbocycles. The first-order chi connectivity index (χ1) is 42.7. The van der Waals surface area contributed by atoms with Crippen LogP contribution in [0.25, 0.3) is 164 Å². The number of hydrogen-bond acceptors (Lipinski definition) is 0. The normalized spacial score (nSPS) is 11.5. The first kappa shape index (κ1) is 50.5. The van der Waals surface area contributed by atoms with E-state index in [0.717, 1.165) is 0 Å². The lowest BCUT2D eigenvalue weighted by Crippen LogP contribution is -1.92. The summed E-state index contributed by atoms with van der Waals surface area (Å²) < 4.78 is 0. The molecule has 0 aliphatic rings. The number of hydrogen-bond donors (Lipinski definition) is 0. The van der Waals surface area contributed by atoms with E-state index in [1.165, 1.54) is 164 Å². The second-order valence-corrected chi connectivity index (χ2v) is 22.6. The SMILES string of the molecule is c1cc(-c2cccc(-c3c4ccccc4c(-c4cccc5ccccc45)c4ccccc34)c2)cc(-c2cccc3ccccc23)c1.c1ccc2cc(-c3c4ccccc4c(-c4ccc(-c5cccc6ccccc56)cc4)c4ccccc34)ccc2c1. The van der Waals surface area contributed by atoms with Crippen LogP contribution in [-0.2, 0) is 0 Å². The fourth-order valence-electron chi connectivity index (χ4n) is 13.8. The fraction of sp³-hybridized carbons (Fsp3) is 0. The minimum Gasteiger partial charge on any atom is -0.0616 e. The van der Waals surface area contributed by atoms with Crippen molar-refractivity contribution < 1.29 is 0 Å². The Kier molecular flexibility index (Phi) is 12.7. The van der Waals surface area contributed by atoms with Crippen molar-refractivity contribution in [1.29, 1.82) is 0 Å². The molecule has 86 heavy (non-hydrogen) atoms. The van der Waals surface area contributed by atoms with E-state index in [4.69, 9.17) is 0 Å². The van der Waals surface area contributed by atoms with Gasteiger partial charge in [-0.25, -0.2) is 0 Å². The van der Waals surface area contributed by atoms with Gasteiger partial charge in [0.05, 0.1) is 0 Å². The monoisotopic (exact) mass is 1090 g/mol. The molecule has 0 nitrogen and oxygen atoms in total. The lowest BCUT2D eigenvalue weighted by molar-refractivity contribution is 1.60. The Hall–Kier alpha value is -11.2. The van der Waals surface area contributed by atoms with Gasteiger partial charge in [0.2, 0.25) is 0 Å². The van der Waals surface area contributed by atoms with E-state index in [2.05, 4.69) is 340 Å². The summed E-state index contributed by atoms with van der Waals surface area (Å²) in [6.45, 7) is 0. The third-order valence-corrected chi connectivity index (χ3v) is 17.7. The fourth-order valence-corrected chi connectivity index (χ4v) is 13.8. The number of rotatable bonds is 7. The smallest absolute Gasteiger partial charge is 0.00201 e. The molecule has 0 aliphatic carbocycles. The molecule has 0 spiro atoms. The van der Waals surface area contributed by atoms with Gasteiger partial charge in [0.15, 0.2) is 0 Å². The molecule has 0 unspecified atom stereocenters. The lowest BCUT2D eigenvalue weighted by atomic mass is 9.84. The molecule has 0 N–H and O–H groups in total. The summed E-state index contributed by atoms with van der Waals surface area (Å²) in [5.41, 5.74) is 17.6. The van der Waals surface area contributed by atoms with E-state index in [9.17, 15) is 0 Å². The maximum atomic E-state index is 2.37. The van der Waals surface area contributed by atoms with Crippen LogP contribution in [0, 0.1) is 0 Å². The van der Waals surface area contributed by atoms with Gasteiger partial charge in [0.1, 0.15) is 0 Å². The molecule has 0 aromatic heterocycles. The molecule has 400 valence electrons. The van der Waals surface area contributed by atoms with Crippen molar-refractivity contribution in [3.8, 4) is 77.9 Å². The second-order valence-electron chi connectivity index (χ2n) is 22.6. The zero-order chi connectivity index (χ0) is 56.9. The van der Waals surface area contributed by atoms with Gasteiger partial charge in [0.25, 0.3) is 0 Å². The van der Waals surface area contributed by atoms with Gasteiger partial charge in [-0.2, -0.15) is 0 Å². The molecular formula is C86H56. The lowest BCUT2D eigenvalue weighted by Gasteiger charge is -2.19. The zero-order valence-electron chi connectivity index (χ0n) is 47.3. The summed E-state index contributed by atoms with van der Waals surface area (Å²) >= 11 is 0. The third-order valence-electron chi connectivity index (χ3n) is 17.7. The summed E-state index contributed by atoms with van der Waals surface area (Å²) in [6.07, 6.45) is 0. The van der Waals surface area contributed by atoms with Crippen LogP contribution in [0.3, 0.4) is 0 Å². The Balaban J connectivity index is 0.000000141. The molecule has 17 aromatic rings. The Morgan fingerprint density at radius 2 is 0.395 bits per heavy atom. The molecule has 0 atom stereocenters. The maximum absolute atomic E-state index is 2.37. The zero-order valence-corrected chi connectivity index (χ0v) is 47.3. The van der Waals surface area contributed by atoms with Crippen LogP contribution in [-0.4, -0.2) is 0 Å². The Labute approximate surface area is 500 Å². The van der Waals surface area contributed by atoms with Crippen molar-refractivity contribution in [3.63, 3.8) is 0 Å². The van der Waals surface area contributed by atoms with Gasteiger partial charge in [0, 0.05) is 0 Å². The standard InChI is InChI=1S/C46H30.C40H26/c1-3-21-37-31(13-1)15-11-27-39(37)35-19-9-17-33(29-35)34-18-10-20-36(30-34)45-41-23-5-7-25-43(41)46(44-26-8-6-24-42(44)45)40-28-12-16-32-14-2-4-22-38(32)40;1-2-12-31-26-32(25-20-27(31)10-1)40-37-17-7-5-15-35(37)39(36-16-6-8-18-38(36)40)30-23-21-29(22-24-30)34-19-9-13-28-11-3-4-14-33(28)34/h1-30H;1-26H. The van der Waals surface area contributed by atoms with E-state index in [-0.39, 0.29) is 0 Å². The predicted molar refractivity (Wildman–Crippen MR) is 371 cm³/mol. The molecule has 0 saturated heterocycles. The van der Waals surface area contributed by atoms with Crippen LogP contribution in [0.2, 0.25) is 0 Å². The average Bonchev–Trinajstić information content (AvgIpc) is 1.34. The average molecular weight is 1090 g/mol. The van der Waals surface area contributed by atoms with Crippen LogP contribution in [0.4, 0.5) is 0 Å². The molecule has 17 aromatic carbocycles. The van der Waals surface area contributed by atoms with E-state index in [0.29, 0.717) is 0 Å².